The molecule has 0 aliphatic carbocycles. The Balaban J connectivity index is 1.44. The zero-order valence-electron chi connectivity index (χ0n) is 17.1. The largest absolute Gasteiger partial charge is 0.303 e. The molecule has 0 radical (unpaired) electrons. The van der Waals surface area contributed by atoms with Crippen molar-refractivity contribution in [3.05, 3.63) is 64.9 Å². The van der Waals surface area contributed by atoms with Crippen molar-refractivity contribution in [1.29, 1.82) is 0 Å². The predicted octanol–water partition coefficient (Wildman–Crippen LogP) is 2.89. The Morgan fingerprint density at radius 2 is 1.60 bits per heavy atom. The minimum Gasteiger partial charge on any atom is -0.303 e. The normalized spacial score (nSPS) is 16.1. The molecule has 0 unspecified atom stereocenters. The van der Waals surface area contributed by atoms with Crippen molar-refractivity contribution in [3.63, 3.8) is 0 Å². The molecular weight excluding hydrogens is 418 g/mol. The van der Waals surface area contributed by atoms with E-state index in [1.807, 2.05) is 65.7 Å². The zero-order valence-corrected chi connectivity index (χ0v) is 18.7. The van der Waals surface area contributed by atoms with Gasteiger partial charge in [0, 0.05) is 38.8 Å². The van der Waals surface area contributed by atoms with E-state index >= 15 is 0 Å². The summed E-state index contributed by atoms with van der Waals surface area (Å²) in [5, 5.41) is 4.70. The first-order chi connectivity index (χ1) is 14.4. The van der Waals surface area contributed by atoms with Crippen LogP contribution in [0.15, 0.2) is 59.5 Å². The van der Waals surface area contributed by atoms with Crippen LogP contribution >= 0.6 is 12.2 Å². The van der Waals surface area contributed by atoms with Gasteiger partial charge in [-0.25, -0.2) is 13.1 Å². The molecule has 3 aromatic rings. The lowest BCUT2D eigenvalue weighted by molar-refractivity contribution is 0.144. The van der Waals surface area contributed by atoms with Gasteiger partial charge in [0.25, 0.3) is 0 Å². The van der Waals surface area contributed by atoms with E-state index in [1.54, 1.807) is 16.4 Å². The summed E-state index contributed by atoms with van der Waals surface area (Å²) in [5.74, 6) is 0.821. The van der Waals surface area contributed by atoms with Crippen LogP contribution in [0.1, 0.15) is 5.56 Å². The lowest BCUT2D eigenvalue weighted by Crippen LogP contribution is -2.48. The average Bonchev–Trinajstić information content (AvgIpc) is 3.03. The number of benzene rings is 2. The Morgan fingerprint density at radius 3 is 2.23 bits per heavy atom. The predicted molar refractivity (Wildman–Crippen MR) is 119 cm³/mol. The molecule has 7 nitrogen and oxygen atoms in total. The molecule has 1 aliphatic heterocycles. The summed E-state index contributed by atoms with van der Waals surface area (Å²) in [6.07, 6.45) is 0. The third kappa shape index (κ3) is 4.11. The Hall–Kier alpha value is -2.33. The number of hydrogen-bond acceptors (Lipinski definition) is 5. The van der Waals surface area contributed by atoms with Gasteiger partial charge in [-0.3, -0.25) is 4.90 Å². The monoisotopic (exact) mass is 443 g/mol. The standard InChI is InChI=1S/C21H25N5O2S2/c1-17-8-10-19(11-9-17)30(27,28)25-14-12-24(13-15-25)16-26-21(29)23(2)20(22-26)18-6-4-3-5-7-18/h3-11H,12-16H2,1-2H3. The van der Waals surface area contributed by atoms with E-state index in [-0.39, 0.29) is 0 Å². The fourth-order valence-corrected chi connectivity index (χ4v) is 5.19. The molecule has 158 valence electrons. The number of rotatable bonds is 5. The molecular formula is C21H25N5O2S2. The van der Waals surface area contributed by atoms with Gasteiger partial charge in [0.05, 0.1) is 11.6 Å². The molecule has 0 bridgehead atoms. The highest BCUT2D eigenvalue weighted by molar-refractivity contribution is 7.89. The molecule has 0 spiro atoms. The van der Waals surface area contributed by atoms with E-state index in [0.717, 1.165) is 17.0 Å². The number of nitrogens with zero attached hydrogens (tertiary/aromatic N) is 5. The van der Waals surface area contributed by atoms with Crippen molar-refractivity contribution in [3.8, 4) is 11.4 Å². The first-order valence-electron chi connectivity index (χ1n) is 9.85. The molecule has 2 aromatic carbocycles. The molecule has 1 aromatic heterocycles. The van der Waals surface area contributed by atoms with Gasteiger partial charge in [0.1, 0.15) is 0 Å². The molecule has 2 heterocycles. The highest BCUT2D eigenvalue weighted by Crippen LogP contribution is 2.20. The van der Waals surface area contributed by atoms with Crippen LogP contribution in [0.4, 0.5) is 0 Å². The van der Waals surface area contributed by atoms with Crippen molar-refractivity contribution in [2.75, 3.05) is 26.2 Å². The Morgan fingerprint density at radius 1 is 0.967 bits per heavy atom. The summed E-state index contributed by atoms with van der Waals surface area (Å²) in [6, 6.07) is 17.0. The average molecular weight is 444 g/mol. The fourth-order valence-electron chi connectivity index (χ4n) is 3.58. The molecule has 1 saturated heterocycles. The minimum atomic E-state index is -3.46. The van der Waals surface area contributed by atoms with Crippen molar-refractivity contribution in [2.24, 2.45) is 7.05 Å². The second-order valence-electron chi connectivity index (χ2n) is 7.51. The Labute approximate surface area is 182 Å². The fraction of sp³-hybridized carbons (Fsp3) is 0.333. The molecule has 9 heteroatoms. The molecule has 1 aliphatic rings. The van der Waals surface area contributed by atoms with Crippen LogP contribution in [0, 0.1) is 11.7 Å². The van der Waals surface area contributed by atoms with Crippen molar-refractivity contribution < 1.29 is 8.42 Å². The first kappa shape index (κ1) is 20.9. The Bertz CT molecular complexity index is 1180. The van der Waals surface area contributed by atoms with Crippen LogP contribution in [-0.4, -0.2) is 58.1 Å². The molecule has 0 amide bonds. The van der Waals surface area contributed by atoms with Crippen LogP contribution in [0.5, 0.6) is 0 Å². The zero-order chi connectivity index (χ0) is 21.3. The van der Waals surface area contributed by atoms with Crippen molar-refractivity contribution >= 4 is 22.2 Å². The van der Waals surface area contributed by atoms with Gasteiger partial charge in [-0.1, -0.05) is 48.0 Å². The van der Waals surface area contributed by atoms with Crippen molar-refractivity contribution in [2.45, 2.75) is 18.5 Å². The second kappa shape index (κ2) is 8.43. The van der Waals surface area contributed by atoms with Gasteiger partial charge in [0.15, 0.2) is 10.6 Å². The van der Waals surface area contributed by atoms with Crippen LogP contribution in [0.3, 0.4) is 0 Å². The highest BCUT2D eigenvalue weighted by atomic mass is 32.2. The van der Waals surface area contributed by atoms with E-state index in [4.69, 9.17) is 17.3 Å². The molecule has 4 rings (SSSR count). The lowest BCUT2D eigenvalue weighted by atomic mass is 10.2. The number of sulfonamides is 1. The van der Waals surface area contributed by atoms with Gasteiger partial charge in [-0.2, -0.15) is 9.40 Å². The van der Waals surface area contributed by atoms with E-state index in [1.165, 1.54) is 0 Å². The van der Waals surface area contributed by atoms with Gasteiger partial charge < -0.3 is 4.57 Å². The van der Waals surface area contributed by atoms with Gasteiger partial charge in [-0.15, -0.1) is 0 Å². The summed E-state index contributed by atoms with van der Waals surface area (Å²) in [6.45, 7) is 4.64. The van der Waals surface area contributed by atoms with Gasteiger partial charge in [-0.05, 0) is 31.3 Å². The number of aryl methyl sites for hydroxylation is 1. The number of aromatic nitrogens is 3. The van der Waals surface area contributed by atoms with E-state index in [2.05, 4.69) is 4.90 Å². The van der Waals surface area contributed by atoms with Crippen LogP contribution < -0.4 is 0 Å². The molecule has 0 atom stereocenters. The second-order valence-corrected chi connectivity index (χ2v) is 9.81. The minimum absolute atomic E-state index is 0.348. The van der Waals surface area contributed by atoms with Crippen molar-refractivity contribution in [1.82, 2.24) is 23.6 Å². The van der Waals surface area contributed by atoms with E-state index in [9.17, 15) is 8.42 Å². The smallest absolute Gasteiger partial charge is 0.243 e. The number of hydrogen-bond donors (Lipinski definition) is 0. The summed E-state index contributed by atoms with van der Waals surface area (Å²) in [5.41, 5.74) is 2.06. The van der Waals surface area contributed by atoms with Crippen LogP contribution in [0.2, 0.25) is 0 Å². The first-order valence-corrected chi connectivity index (χ1v) is 11.7. The molecule has 30 heavy (non-hydrogen) atoms. The lowest BCUT2D eigenvalue weighted by Gasteiger charge is -2.33. The third-order valence-electron chi connectivity index (χ3n) is 5.40. The SMILES string of the molecule is Cc1ccc(S(=O)(=O)N2CCN(Cn3nc(-c4ccccc4)n(C)c3=S)CC2)cc1. The number of piperazine rings is 1. The van der Waals surface area contributed by atoms with Gasteiger partial charge in [0.2, 0.25) is 10.0 Å². The summed E-state index contributed by atoms with van der Waals surface area (Å²) in [7, 11) is -1.55. The highest BCUT2D eigenvalue weighted by Gasteiger charge is 2.28. The topological polar surface area (TPSA) is 63.4 Å². The summed E-state index contributed by atoms with van der Waals surface area (Å²) >= 11 is 5.57. The maximum Gasteiger partial charge on any atom is 0.243 e. The van der Waals surface area contributed by atoms with Crippen LogP contribution in [0.25, 0.3) is 11.4 Å². The van der Waals surface area contributed by atoms with E-state index < -0.39 is 10.0 Å². The molecule has 0 N–H and O–H groups in total. The van der Waals surface area contributed by atoms with Gasteiger partial charge >= 0.3 is 0 Å². The quantitative estimate of drug-likeness (QED) is 0.568. The van der Waals surface area contributed by atoms with E-state index in [0.29, 0.717) is 42.5 Å². The maximum absolute atomic E-state index is 12.9. The summed E-state index contributed by atoms with van der Waals surface area (Å²) < 4.78 is 31.7. The Kier molecular flexibility index (Phi) is 5.88. The molecule has 1 fully saturated rings. The van der Waals surface area contributed by atoms with Crippen LogP contribution in [-0.2, 0) is 23.7 Å². The summed E-state index contributed by atoms with van der Waals surface area (Å²) in [4.78, 5) is 2.53. The molecule has 0 saturated carbocycles. The maximum atomic E-state index is 12.9. The third-order valence-corrected chi connectivity index (χ3v) is 7.79.